The summed E-state index contributed by atoms with van der Waals surface area (Å²) in [7, 11) is 0. The largest absolute Gasteiger partial charge is 0.428 e. The van der Waals surface area contributed by atoms with Crippen molar-refractivity contribution < 1.29 is 9.53 Å². The number of nitrogens with zero attached hydrogens (tertiary/aromatic N) is 2. The van der Waals surface area contributed by atoms with E-state index >= 15 is 0 Å². The minimum Gasteiger partial charge on any atom is -0.428 e. The van der Waals surface area contributed by atoms with Crippen LogP contribution in [0.5, 0.6) is 10.9 Å². The summed E-state index contributed by atoms with van der Waals surface area (Å²) in [5.41, 5.74) is 0. The summed E-state index contributed by atoms with van der Waals surface area (Å²) in [5, 5.41) is 4.36. The molecule has 1 atom stereocenters. The maximum absolute atomic E-state index is 12.5. The third-order valence-electron chi connectivity index (χ3n) is 4.65. The van der Waals surface area contributed by atoms with E-state index in [0.717, 1.165) is 25.4 Å². The molecule has 0 aliphatic carbocycles. The lowest BCUT2D eigenvalue weighted by Gasteiger charge is -2.45. The Kier molecular flexibility index (Phi) is 4.43. The molecule has 0 radical (unpaired) electrons. The first-order valence-electron chi connectivity index (χ1n) is 8.11. The fraction of sp³-hybridized carbons (Fsp3) is 0.412. The molecule has 1 amide bonds. The number of carbonyl (C=O) groups excluding carboxylic acids is 1. The third-order valence-corrected chi connectivity index (χ3v) is 5.84. The number of pyridine rings is 1. The minimum absolute atomic E-state index is 0.0311. The van der Waals surface area contributed by atoms with Crippen LogP contribution in [0.15, 0.2) is 30.5 Å². The first-order chi connectivity index (χ1) is 11.7. The monoisotopic (exact) mass is 363 g/mol. The van der Waals surface area contributed by atoms with Crippen LogP contribution in [0.2, 0.25) is 5.02 Å². The van der Waals surface area contributed by atoms with E-state index in [4.69, 9.17) is 16.3 Å². The molecular formula is C17H18ClN3O2S. The number of thiophene rings is 1. The van der Waals surface area contributed by atoms with Gasteiger partial charge in [0.15, 0.2) is 5.06 Å². The number of ether oxygens (including phenoxy) is 1. The molecule has 7 heteroatoms. The van der Waals surface area contributed by atoms with Crippen molar-refractivity contribution in [3.05, 3.63) is 40.4 Å². The van der Waals surface area contributed by atoms with Gasteiger partial charge in [0.25, 0.3) is 5.91 Å². The summed E-state index contributed by atoms with van der Waals surface area (Å²) < 4.78 is 5.66. The van der Waals surface area contributed by atoms with E-state index in [1.165, 1.54) is 30.4 Å². The number of carbonyl (C=O) groups is 1. The van der Waals surface area contributed by atoms with Crippen LogP contribution >= 0.6 is 22.9 Å². The van der Waals surface area contributed by atoms with Crippen molar-refractivity contribution in [2.45, 2.75) is 25.4 Å². The van der Waals surface area contributed by atoms with Crippen LogP contribution in [0, 0.1) is 5.92 Å². The Morgan fingerprint density at radius 2 is 2.12 bits per heavy atom. The van der Waals surface area contributed by atoms with Gasteiger partial charge in [0.2, 0.25) is 5.88 Å². The Labute approximate surface area is 149 Å². The van der Waals surface area contributed by atoms with Gasteiger partial charge < -0.3 is 10.1 Å². The topological polar surface area (TPSA) is 54.5 Å². The van der Waals surface area contributed by atoms with E-state index in [9.17, 15) is 4.79 Å². The van der Waals surface area contributed by atoms with E-state index in [1.807, 2.05) is 0 Å². The highest BCUT2D eigenvalue weighted by molar-refractivity contribution is 7.15. The zero-order valence-corrected chi connectivity index (χ0v) is 14.6. The molecule has 126 valence electrons. The quantitative estimate of drug-likeness (QED) is 0.898. The first-order valence-corrected chi connectivity index (χ1v) is 9.31. The van der Waals surface area contributed by atoms with E-state index in [1.54, 1.807) is 24.3 Å². The van der Waals surface area contributed by atoms with Crippen LogP contribution in [0.3, 0.4) is 0 Å². The summed E-state index contributed by atoms with van der Waals surface area (Å²) in [4.78, 5) is 19.6. The summed E-state index contributed by atoms with van der Waals surface area (Å²) in [6.07, 6.45) is 5.30. The van der Waals surface area contributed by atoms with Crippen LogP contribution in [0.25, 0.3) is 0 Å². The van der Waals surface area contributed by atoms with Gasteiger partial charge in [0.05, 0.1) is 16.1 Å². The van der Waals surface area contributed by atoms with Crippen LogP contribution in [-0.4, -0.2) is 35.0 Å². The molecule has 24 heavy (non-hydrogen) atoms. The van der Waals surface area contributed by atoms with Gasteiger partial charge in [-0.25, -0.2) is 4.98 Å². The number of rotatable bonds is 4. The second kappa shape index (κ2) is 6.70. The van der Waals surface area contributed by atoms with Crippen molar-refractivity contribution >= 4 is 28.8 Å². The average Bonchev–Trinajstić information content (AvgIpc) is 3.07. The molecule has 2 aromatic heterocycles. The molecule has 5 nitrogen and oxygen atoms in total. The molecule has 3 saturated heterocycles. The minimum atomic E-state index is -0.0311. The Balaban J connectivity index is 1.39. The SMILES string of the molecule is O=C(NC1CC2CCN1CC2)c1ccc(Oc2ccc(Cl)cn2)s1. The summed E-state index contributed by atoms with van der Waals surface area (Å²) in [6, 6.07) is 7.01. The number of amides is 1. The molecule has 3 fully saturated rings. The molecule has 3 aliphatic heterocycles. The molecule has 0 spiro atoms. The van der Waals surface area contributed by atoms with E-state index in [-0.39, 0.29) is 12.1 Å². The smallest absolute Gasteiger partial charge is 0.262 e. The zero-order valence-electron chi connectivity index (χ0n) is 13.1. The lowest BCUT2D eigenvalue weighted by Crippen LogP contribution is -2.56. The number of hydrogen-bond acceptors (Lipinski definition) is 5. The molecule has 1 N–H and O–H groups in total. The fourth-order valence-electron chi connectivity index (χ4n) is 3.36. The maximum Gasteiger partial charge on any atom is 0.262 e. The van der Waals surface area contributed by atoms with Crippen LogP contribution in [-0.2, 0) is 0 Å². The normalized spacial score (nSPS) is 25.5. The van der Waals surface area contributed by atoms with Gasteiger partial charge in [-0.15, -0.1) is 0 Å². The van der Waals surface area contributed by atoms with Crippen LogP contribution in [0.4, 0.5) is 0 Å². The molecule has 1 unspecified atom stereocenters. The number of halogens is 1. The number of nitrogens with one attached hydrogen (secondary N) is 1. The highest BCUT2D eigenvalue weighted by atomic mass is 35.5. The second-order valence-corrected chi connectivity index (χ2v) is 7.72. The molecule has 0 aromatic carbocycles. The molecule has 2 aromatic rings. The van der Waals surface area contributed by atoms with Gasteiger partial charge in [0.1, 0.15) is 0 Å². The Morgan fingerprint density at radius 1 is 1.29 bits per heavy atom. The summed E-state index contributed by atoms with van der Waals surface area (Å²) in [5.74, 6) is 1.19. The average molecular weight is 364 g/mol. The third kappa shape index (κ3) is 3.41. The summed E-state index contributed by atoms with van der Waals surface area (Å²) >= 11 is 7.13. The Bertz CT molecular complexity index is 726. The lowest BCUT2D eigenvalue weighted by molar-refractivity contribution is 0.0296. The van der Waals surface area contributed by atoms with Crippen LogP contribution < -0.4 is 10.1 Å². The van der Waals surface area contributed by atoms with Crippen molar-refractivity contribution in [2.24, 2.45) is 5.92 Å². The van der Waals surface area contributed by atoms with Gasteiger partial charge in [-0.2, -0.15) is 0 Å². The van der Waals surface area contributed by atoms with Gasteiger partial charge in [-0.1, -0.05) is 22.9 Å². The number of piperidine rings is 3. The van der Waals surface area contributed by atoms with Crippen molar-refractivity contribution in [3.63, 3.8) is 0 Å². The van der Waals surface area contributed by atoms with Crippen molar-refractivity contribution in [1.29, 1.82) is 0 Å². The summed E-state index contributed by atoms with van der Waals surface area (Å²) in [6.45, 7) is 2.19. The maximum atomic E-state index is 12.5. The second-order valence-electron chi connectivity index (χ2n) is 6.24. The van der Waals surface area contributed by atoms with Gasteiger partial charge in [0, 0.05) is 25.4 Å². The van der Waals surface area contributed by atoms with E-state index < -0.39 is 0 Å². The Hall–Kier alpha value is -1.63. The van der Waals surface area contributed by atoms with Crippen molar-refractivity contribution in [3.8, 4) is 10.9 Å². The number of aromatic nitrogens is 1. The molecule has 5 rings (SSSR count). The predicted octanol–water partition coefficient (Wildman–Crippen LogP) is 3.76. The molecule has 2 bridgehead atoms. The first kappa shape index (κ1) is 15.9. The van der Waals surface area contributed by atoms with E-state index in [2.05, 4.69) is 15.2 Å². The van der Waals surface area contributed by atoms with E-state index in [0.29, 0.717) is 20.8 Å². The molecule has 0 saturated carbocycles. The molecule has 3 aliphatic rings. The standard InChI is InChI=1S/C17H18ClN3O2S/c18-12-1-3-15(19-10-12)23-16-4-2-13(24-16)17(22)20-14-9-11-5-7-21(14)8-6-11/h1-4,10-11,14H,5-9H2,(H,20,22). The zero-order chi connectivity index (χ0) is 16.5. The molecule has 5 heterocycles. The highest BCUT2D eigenvalue weighted by Crippen LogP contribution is 2.32. The van der Waals surface area contributed by atoms with Crippen molar-refractivity contribution in [2.75, 3.05) is 13.1 Å². The predicted molar refractivity (Wildman–Crippen MR) is 93.8 cm³/mol. The van der Waals surface area contributed by atoms with Gasteiger partial charge in [-0.05, 0) is 43.4 Å². The van der Waals surface area contributed by atoms with Crippen LogP contribution in [0.1, 0.15) is 28.9 Å². The van der Waals surface area contributed by atoms with Gasteiger partial charge >= 0.3 is 0 Å². The van der Waals surface area contributed by atoms with Crippen molar-refractivity contribution in [1.82, 2.24) is 15.2 Å². The Morgan fingerprint density at radius 3 is 2.79 bits per heavy atom. The highest BCUT2D eigenvalue weighted by Gasteiger charge is 2.34. The fourth-order valence-corrected chi connectivity index (χ4v) is 4.24. The number of hydrogen-bond donors (Lipinski definition) is 1. The number of fused-ring (bicyclic) bond motifs is 3. The molecular weight excluding hydrogens is 346 g/mol. The van der Waals surface area contributed by atoms with Gasteiger partial charge in [-0.3, -0.25) is 9.69 Å². The lowest BCUT2D eigenvalue weighted by atomic mass is 9.86.